The molecule has 0 bridgehead atoms. The number of hydrogen-bond acceptors (Lipinski definition) is 8. The number of amides is 2. The molecule has 10 nitrogen and oxygen atoms in total. The van der Waals surface area contributed by atoms with Crippen molar-refractivity contribution in [3.05, 3.63) is 71.8 Å². The summed E-state index contributed by atoms with van der Waals surface area (Å²) in [6.45, 7) is 4.33. The molecule has 0 fully saturated rings. The molecule has 37 heavy (non-hydrogen) atoms. The minimum atomic E-state index is -1.28. The van der Waals surface area contributed by atoms with Crippen LogP contribution in [0.3, 0.4) is 0 Å². The molecule has 0 aliphatic carbocycles. The maximum absolute atomic E-state index is 12.7. The SMILES string of the molecule is CC(C)(C)OC(=O)NC(CCC(=O)NC(CO)C(=O)OCc1ccccc1)C(=O)OCc1ccccc1. The van der Waals surface area contributed by atoms with E-state index in [0.29, 0.717) is 0 Å². The van der Waals surface area contributed by atoms with Crippen molar-refractivity contribution in [2.24, 2.45) is 0 Å². The van der Waals surface area contributed by atoms with E-state index in [4.69, 9.17) is 14.2 Å². The molecule has 0 aliphatic rings. The molecule has 2 atom stereocenters. The van der Waals surface area contributed by atoms with E-state index in [2.05, 4.69) is 10.6 Å². The van der Waals surface area contributed by atoms with E-state index in [0.717, 1.165) is 11.1 Å². The fourth-order valence-corrected chi connectivity index (χ4v) is 3.08. The highest BCUT2D eigenvalue weighted by Gasteiger charge is 2.28. The van der Waals surface area contributed by atoms with Crippen molar-refractivity contribution in [2.45, 2.75) is 64.5 Å². The van der Waals surface area contributed by atoms with Gasteiger partial charge in [-0.05, 0) is 38.3 Å². The van der Waals surface area contributed by atoms with Crippen LogP contribution in [0.25, 0.3) is 0 Å². The first kappa shape index (κ1) is 29.3. The van der Waals surface area contributed by atoms with Gasteiger partial charge in [0.1, 0.15) is 24.9 Å². The quantitative estimate of drug-likeness (QED) is 0.290. The predicted molar refractivity (Wildman–Crippen MR) is 134 cm³/mol. The summed E-state index contributed by atoms with van der Waals surface area (Å²) in [4.78, 5) is 49.7. The third-order valence-corrected chi connectivity index (χ3v) is 4.89. The topological polar surface area (TPSA) is 140 Å². The van der Waals surface area contributed by atoms with Crippen molar-refractivity contribution in [3.8, 4) is 0 Å². The second kappa shape index (κ2) is 14.6. The zero-order chi connectivity index (χ0) is 27.3. The largest absolute Gasteiger partial charge is 0.459 e. The lowest BCUT2D eigenvalue weighted by molar-refractivity contribution is -0.151. The number of ether oxygens (including phenoxy) is 3. The number of aliphatic hydroxyl groups is 1. The molecule has 10 heteroatoms. The van der Waals surface area contributed by atoms with Crippen LogP contribution in [0.4, 0.5) is 4.79 Å². The number of carbonyl (C=O) groups is 4. The molecule has 2 unspecified atom stereocenters. The van der Waals surface area contributed by atoms with Crippen molar-refractivity contribution in [2.75, 3.05) is 6.61 Å². The number of nitrogens with one attached hydrogen (secondary N) is 2. The number of alkyl carbamates (subject to hydrolysis) is 1. The van der Waals surface area contributed by atoms with Crippen LogP contribution in [0, 0.1) is 0 Å². The molecule has 2 aromatic rings. The number of benzene rings is 2. The predicted octanol–water partition coefficient (Wildman–Crippen LogP) is 2.62. The van der Waals surface area contributed by atoms with Gasteiger partial charge in [-0.25, -0.2) is 14.4 Å². The lowest BCUT2D eigenvalue weighted by atomic mass is 10.1. The Kier molecular flexibility index (Phi) is 11.6. The summed E-state index contributed by atoms with van der Waals surface area (Å²) in [6, 6.07) is 15.5. The number of carbonyl (C=O) groups excluding carboxylic acids is 4. The summed E-state index contributed by atoms with van der Waals surface area (Å²) < 4.78 is 15.7. The standard InChI is InChI=1S/C27H34N2O8/c1-27(2,3)37-26(34)29-21(24(32)35-17-19-10-6-4-7-11-19)14-15-23(31)28-22(16-30)25(33)36-18-20-12-8-5-9-13-20/h4-13,21-22,30H,14-18H2,1-3H3,(H,28,31)(H,29,34). The van der Waals surface area contributed by atoms with Crippen LogP contribution in [0.5, 0.6) is 0 Å². The van der Waals surface area contributed by atoms with Crippen LogP contribution in [-0.4, -0.2) is 53.3 Å². The Bertz CT molecular complexity index is 1020. The van der Waals surface area contributed by atoms with Crippen LogP contribution >= 0.6 is 0 Å². The molecule has 200 valence electrons. The molecule has 0 spiro atoms. The first-order valence-corrected chi connectivity index (χ1v) is 11.9. The van der Waals surface area contributed by atoms with Crippen LogP contribution in [0.15, 0.2) is 60.7 Å². The first-order chi connectivity index (χ1) is 17.6. The van der Waals surface area contributed by atoms with Crippen LogP contribution in [0.2, 0.25) is 0 Å². The van der Waals surface area contributed by atoms with E-state index in [1.165, 1.54) is 0 Å². The molecule has 0 saturated heterocycles. The average molecular weight is 515 g/mol. The lowest BCUT2D eigenvalue weighted by Crippen LogP contribution is -2.47. The molecule has 0 heterocycles. The number of rotatable bonds is 12. The van der Waals surface area contributed by atoms with E-state index in [-0.39, 0.29) is 26.1 Å². The minimum Gasteiger partial charge on any atom is -0.459 e. The van der Waals surface area contributed by atoms with Gasteiger partial charge in [0.05, 0.1) is 6.61 Å². The van der Waals surface area contributed by atoms with Gasteiger partial charge in [-0.2, -0.15) is 0 Å². The zero-order valence-corrected chi connectivity index (χ0v) is 21.3. The lowest BCUT2D eigenvalue weighted by Gasteiger charge is -2.23. The molecular formula is C27H34N2O8. The summed E-state index contributed by atoms with van der Waals surface area (Å²) in [6.07, 6.45) is -1.22. The van der Waals surface area contributed by atoms with E-state index in [9.17, 15) is 24.3 Å². The van der Waals surface area contributed by atoms with Gasteiger partial charge >= 0.3 is 18.0 Å². The van der Waals surface area contributed by atoms with Gasteiger partial charge in [-0.3, -0.25) is 4.79 Å². The Hall–Kier alpha value is -3.92. The molecular weight excluding hydrogens is 480 g/mol. The smallest absolute Gasteiger partial charge is 0.408 e. The fraction of sp³-hybridized carbons (Fsp3) is 0.407. The molecule has 2 aromatic carbocycles. The van der Waals surface area contributed by atoms with E-state index in [1.807, 2.05) is 12.1 Å². The molecule has 0 radical (unpaired) electrons. The second-order valence-electron chi connectivity index (χ2n) is 9.23. The van der Waals surface area contributed by atoms with Crippen molar-refractivity contribution >= 4 is 23.9 Å². The highest BCUT2D eigenvalue weighted by atomic mass is 16.6. The van der Waals surface area contributed by atoms with Crippen molar-refractivity contribution < 1.29 is 38.5 Å². The maximum atomic E-state index is 12.7. The van der Waals surface area contributed by atoms with Crippen LogP contribution in [0.1, 0.15) is 44.7 Å². The molecule has 3 N–H and O–H groups in total. The second-order valence-corrected chi connectivity index (χ2v) is 9.23. The Morgan fingerprint density at radius 2 is 1.27 bits per heavy atom. The third-order valence-electron chi connectivity index (χ3n) is 4.89. The molecule has 0 saturated carbocycles. The van der Waals surface area contributed by atoms with Gasteiger partial charge in [-0.1, -0.05) is 60.7 Å². The summed E-state index contributed by atoms with van der Waals surface area (Å²) in [5, 5.41) is 14.4. The number of aliphatic hydroxyl groups excluding tert-OH is 1. The zero-order valence-electron chi connectivity index (χ0n) is 21.3. The van der Waals surface area contributed by atoms with Crippen molar-refractivity contribution in [1.29, 1.82) is 0 Å². The van der Waals surface area contributed by atoms with E-state index >= 15 is 0 Å². The van der Waals surface area contributed by atoms with Gasteiger partial charge in [0.2, 0.25) is 5.91 Å². The Morgan fingerprint density at radius 3 is 1.73 bits per heavy atom. The monoisotopic (exact) mass is 514 g/mol. The van der Waals surface area contributed by atoms with Gasteiger partial charge < -0.3 is 30.0 Å². The van der Waals surface area contributed by atoms with Gasteiger partial charge in [0.15, 0.2) is 6.04 Å². The van der Waals surface area contributed by atoms with Crippen molar-refractivity contribution in [1.82, 2.24) is 10.6 Å². The molecule has 2 amide bonds. The molecule has 0 aliphatic heterocycles. The van der Waals surface area contributed by atoms with Gasteiger partial charge in [0.25, 0.3) is 0 Å². The van der Waals surface area contributed by atoms with Gasteiger partial charge in [-0.15, -0.1) is 0 Å². The van der Waals surface area contributed by atoms with Gasteiger partial charge in [0, 0.05) is 6.42 Å². The van der Waals surface area contributed by atoms with Crippen LogP contribution in [-0.2, 0) is 41.8 Å². The highest BCUT2D eigenvalue weighted by Crippen LogP contribution is 2.10. The first-order valence-electron chi connectivity index (χ1n) is 11.9. The summed E-state index contributed by atoms with van der Waals surface area (Å²) in [7, 11) is 0. The van der Waals surface area contributed by atoms with E-state index in [1.54, 1.807) is 69.3 Å². The number of hydrogen-bond donors (Lipinski definition) is 3. The summed E-state index contributed by atoms with van der Waals surface area (Å²) >= 11 is 0. The Labute approximate surface area is 216 Å². The maximum Gasteiger partial charge on any atom is 0.408 e. The fourth-order valence-electron chi connectivity index (χ4n) is 3.08. The molecule has 2 rings (SSSR count). The van der Waals surface area contributed by atoms with E-state index < -0.39 is 48.2 Å². The highest BCUT2D eigenvalue weighted by molar-refractivity contribution is 5.86. The Balaban J connectivity index is 1.93. The number of esters is 2. The molecule has 0 aromatic heterocycles. The average Bonchev–Trinajstić information content (AvgIpc) is 2.87. The Morgan fingerprint density at radius 1 is 0.784 bits per heavy atom. The normalized spacial score (nSPS) is 12.5. The summed E-state index contributed by atoms with van der Waals surface area (Å²) in [5.41, 5.74) is 0.711. The summed E-state index contributed by atoms with van der Waals surface area (Å²) in [5.74, 6) is -2.17. The van der Waals surface area contributed by atoms with Crippen LogP contribution < -0.4 is 10.6 Å². The third kappa shape index (κ3) is 11.6. The minimum absolute atomic E-state index is 0.0127. The van der Waals surface area contributed by atoms with Crippen molar-refractivity contribution in [3.63, 3.8) is 0 Å².